The fourth-order valence-electron chi connectivity index (χ4n) is 1.52. The molecule has 0 saturated heterocycles. The molecule has 5 nitrogen and oxygen atoms in total. The van der Waals surface area contributed by atoms with Crippen molar-refractivity contribution in [3.63, 3.8) is 0 Å². The Kier molecular flexibility index (Phi) is 4.39. The van der Waals surface area contributed by atoms with Crippen molar-refractivity contribution >= 4 is 39.8 Å². The smallest absolute Gasteiger partial charge is 0.227 e. The molecule has 0 aliphatic heterocycles. The maximum Gasteiger partial charge on any atom is 0.227 e. The van der Waals surface area contributed by atoms with Crippen LogP contribution in [-0.2, 0) is 4.79 Å². The Morgan fingerprint density at radius 1 is 1.42 bits per heavy atom. The molecule has 1 aromatic heterocycles. The summed E-state index contributed by atoms with van der Waals surface area (Å²) in [4.78, 5) is 10.7. The Labute approximate surface area is 119 Å². The number of nitrogens with zero attached hydrogens (tertiary/aromatic N) is 2. The van der Waals surface area contributed by atoms with Crippen LogP contribution in [-0.4, -0.2) is 21.9 Å². The van der Waals surface area contributed by atoms with Crippen molar-refractivity contribution in [1.29, 1.82) is 0 Å². The second-order valence-electron chi connectivity index (χ2n) is 4.07. The van der Waals surface area contributed by atoms with Crippen molar-refractivity contribution in [1.82, 2.24) is 10.2 Å². The number of aryl methyl sites for hydroxylation is 2. The highest BCUT2D eigenvalue weighted by Crippen LogP contribution is 2.28. The zero-order chi connectivity index (χ0) is 13.8. The van der Waals surface area contributed by atoms with E-state index in [1.54, 1.807) is 0 Å². The molecular weight excluding hydrogens is 280 g/mol. The van der Waals surface area contributed by atoms with E-state index in [-0.39, 0.29) is 11.7 Å². The van der Waals surface area contributed by atoms with Crippen LogP contribution < -0.4 is 11.1 Å². The molecule has 2 rings (SSSR count). The van der Waals surface area contributed by atoms with Gasteiger partial charge >= 0.3 is 0 Å². The van der Waals surface area contributed by atoms with Gasteiger partial charge in [0, 0.05) is 5.69 Å². The number of carbonyl (C=O) groups excluding carboxylic acids is 1. The molecule has 0 radical (unpaired) electrons. The molecule has 7 heteroatoms. The van der Waals surface area contributed by atoms with Gasteiger partial charge in [0.15, 0.2) is 4.34 Å². The van der Waals surface area contributed by atoms with Gasteiger partial charge in [-0.25, -0.2) is 0 Å². The molecule has 19 heavy (non-hydrogen) atoms. The summed E-state index contributed by atoms with van der Waals surface area (Å²) in [6.45, 7) is 4.10. The first-order chi connectivity index (χ1) is 9.04. The molecular formula is C12H14N4OS2. The highest BCUT2D eigenvalue weighted by Gasteiger charge is 2.07. The number of nitrogens with two attached hydrogens (primary N) is 1. The predicted octanol–water partition coefficient (Wildman–Crippen LogP) is 2.48. The van der Waals surface area contributed by atoms with Crippen molar-refractivity contribution in [2.24, 2.45) is 5.73 Å². The summed E-state index contributed by atoms with van der Waals surface area (Å²) in [5.41, 5.74) is 8.47. The molecule has 0 saturated carbocycles. The predicted molar refractivity (Wildman–Crippen MR) is 79.0 cm³/mol. The van der Waals surface area contributed by atoms with Crippen LogP contribution in [0.4, 0.5) is 10.8 Å². The van der Waals surface area contributed by atoms with Gasteiger partial charge in [-0.15, -0.1) is 10.2 Å². The van der Waals surface area contributed by atoms with Crippen molar-refractivity contribution in [3.05, 3.63) is 29.3 Å². The van der Waals surface area contributed by atoms with E-state index in [9.17, 15) is 4.79 Å². The molecule has 1 amide bonds. The van der Waals surface area contributed by atoms with Crippen molar-refractivity contribution in [2.45, 2.75) is 18.2 Å². The summed E-state index contributed by atoms with van der Waals surface area (Å²) in [5.74, 6) is -0.137. The number of aromatic nitrogens is 2. The van der Waals surface area contributed by atoms with Gasteiger partial charge in [0.2, 0.25) is 11.0 Å². The maximum atomic E-state index is 10.7. The summed E-state index contributed by atoms with van der Waals surface area (Å²) in [7, 11) is 0. The first-order valence-electron chi connectivity index (χ1n) is 5.63. The Bertz CT molecular complexity index is 597. The minimum atomic E-state index is -0.357. The van der Waals surface area contributed by atoms with E-state index in [1.807, 2.05) is 19.1 Å². The number of hydrogen-bond acceptors (Lipinski definition) is 6. The van der Waals surface area contributed by atoms with E-state index in [0.29, 0.717) is 5.13 Å². The van der Waals surface area contributed by atoms with Gasteiger partial charge in [-0.2, -0.15) is 0 Å². The molecule has 0 spiro atoms. The number of rotatable bonds is 5. The first kappa shape index (κ1) is 13.8. The number of thioether (sulfide) groups is 1. The molecule has 0 fully saturated rings. The molecule has 3 N–H and O–H groups in total. The van der Waals surface area contributed by atoms with Crippen LogP contribution in [0.25, 0.3) is 0 Å². The second kappa shape index (κ2) is 6.03. The number of benzene rings is 1. The lowest BCUT2D eigenvalue weighted by Crippen LogP contribution is -2.12. The number of amides is 1. The Morgan fingerprint density at radius 2 is 2.21 bits per heavy atom. The maximum absolute atomic E-state index is 10.7. The van der Waals surface area contributed by atoms with Crippen LogP contribution in [0.5, 0.6) is 0 Å². The van der Waals surface area contributed by atoms with Gasteiger partial charge in [0.1, 0.15) is 0 Å². The van der Waals surface area contributed by atoms with Gasteiger partial charge in [0.25, 0.3) is 0 Å². The standard InChI is InChI=1S/C12H14N4OS2/c1-7-3-4-9(8(2)5-7)14-11-15-16-12(19-11)18-6-10(13)17/h3-5H,6H2,1-2H3,(H2,13,17)(H,14,15). The van der Waals surface area contributed by atoms with Crippen LogP contribution >= 0.6 is 23.1 Å². The summed E-state index contributed by atoms with van der Waals surface area (Å²) in [6, 6.07) is 6.16. The molecule has 1 aromatic carbocycles. The normalized spacial score (nSPS) is 10.4. The highest BCUT2D eigenvalue weighted by molar-refractivity contribution is 8.01. The topological polar surface area (TPSA) is 80.9 Å². The monoisotopic (exact) mass is 294 g/mol. The van der Waals surface area contributed by atoms with Gasteiger partial charge in [-0.3, -0.25) is 4.79 Å². The lowest BCUT2D eigenvalue weighted by Gasteiger charge is -2.06. The van der Waals surface area contributed by atoms with Crippen LogP contribution in [0.15, 0.2) is 22.5 Å². The Balaban J connectivity index is 2.05. The Morgan fingerprint density at radius 3 is 2.89 bits per heavy atom. The van der Waals surface area contributed by atoms with Gasteiger partial charge in [-0.05, 0) is 25.5 Å². The Hall–Kier alpha value is -1.60. The SMILES string of the molecule is Cc1ccc(Nc2nnc(SCC(N)=O)s2)c(C)c1. The second-order valence-corrected chi connectivity index (χ2v) is 6.27. The first-order valence-corrected chi connectivity index (χ1v) is 7.43. The molecule has 1 heterocycles. The minimum absolute atomic E-state index is 0.220. The van der Waals surface area contributed by atoms with Crippen molar-refractivity contribution < 1.29 is 4.79 Å². The summed E-state index contributed by atoms with van der Waals surface area (Å²) in [6.07, 6.45) is 0. The van der Waals surface area contributed by atoms with Gasteiger partial charge < -0.3 is 11.1 Å². The average Bonchev–Trinajstić information content (AvgIpc) is 2.78. The van der Waals surface area contributed by atoms with Gasteiger partial charge in [0.05, 0.1) is 5.75 Å². The van der Waals surface area contributed by atoms with Crippen molar-refractivity contribution in [3.8, 4) is 0 Å². The lowest BCUT2D eigenvalue weighted by molar-refractivity contribution is -0.115. The van der Waals surface area contributed by atoms with E-state index in [0.717, 1.165) is 15.6 Å². The molecule has 2 aromatic rings. The molecule has 0 bridgehead atoms. The summed E-state index contributed by atoms with van der Waals surface area (Å²) < 4.78 is 0.728. The van der Waals surface area contributed by atoms with Crippen LogP contribution in [0.3, 0.4) is 0 Å². The van der Waals surface area contributed by atoms with Crippen LogP contribution in [0, 0.1) is 13.8 Å². The zero-order valence-corrected chi connectivity index (χ0v) is 12.3. The fourth-order valence-corrected chi connectivity index (χ4v) is 3.02. The van der Waals surface area contributed by atoms with E-state index >= 15 is 0 Å². The molecule has 0 aliphatic carbocycles. The molecule has 0 unspecified atom stereocenters. The largest absolute Gasteiger partial charge is 0.369 e. The van der Waals surface area contributed by atoms with E-state index in [2.05, 4.69) is 28.5 Å². The van der Waals surface area contributed by atoms with Crippen molar-refractivity contribution in [2.75, 3.05) is 11.1 Å². The molecule has 0 atom stereocenters. The van der Waals surface area contributed by atoms with E-state index < -0.39 is 0 Å². The third kappa shape index (κ3) is 3.93. The van der Waals surface area contributed by atoms with E-state index in [1.165, 1.54) is 28.7 Å². The number of carbonyl (C=O) groups is 1. The molecule has 0 aliphatic rings. The zero-order valence-electron chi connectivity index (χ0n) is 10.6. The minimum Gasteiger partial charge on any atom is -0.369 e. The van der Waals surface area contributed by atoms with Gasteiger partial charge in [-0.1, -0.05) is 40.8 Å². The number of nitrogens with one attached hydrogen (secondary N) is 1. The third-order valence-corrected chi connectivity index (χ3v) is 4.36. The summed E-state index contributed by atoms with van der Waals surface area (Å²) >= 11 is 2.70. The van der Waals surface area contributed by atoms with Crippen LogP contribution in [0.2, 0.25) is 0 Å². The van der Waals surface area contributed by atoms with E-state index in [4.69, 9.17) is 5.73 Å². The van der Waals surface area contributed by atoms with Crippen LogP contribution in [0.1, 0.15) is 11.1 Å². The summed E-state index contributed by atoms with van der Waals surface area (Å²) in [5, 5.41) is 12.0. The molecule has 100 valence electrons. The number of anilines is 2. The highest BCUT2D eigenvalue weighted by atomic mass is 32.2. The number of hydrogen-bond donors (Lipinski definition) is 2. The number of primary amides is 1. The average molecular weight is 294 g/mol. The fraction of sp³-hybridized carbons (Fsp3) is 0.250. The quantitative estimate of drug-likeness (QED) is 0.828. The third-order valence-electron chi connectivity index (χ3n) is 2.37. The lowest BCUT2D eigenvalue weighted by atomic mass is 10.1.